The molecular weight excluding hydrogens is 434 g/mol. The Morgan fingerprint density at radius 2 is 1.97 bits per heavy atom. The number of aromatic nitrogens is 2. The van der Waals surface area contributed by atoms with Gasteiger partial charge in [0, 0.05) is 42.2 Å². The highest BCUT2D eigenvalue weighted by Gasteiger charge is 2.38. The third-order valence-electron chi connectivity index (χ3n) is 7.55. The van der Waals surface area contributed by atoms with E-state index in [4.69, 9.17) is 4.74 Å². The van der Waals surface area contributed by atoms with Crippen LogP contribution in [-0.2, 0) is 13.0 Å². The van der Waals surface area contributed by atoms with Crippen LogP contribution in [0.15, 0.2) is 46.0 Å². The summed E-state index contributed by atoms with van der Waals surface area (Å²) in [5.74, 6) is 2.11. The van der Waals surface area contributed by atoms with Crippen molar-refractivity contribution >= 4 is 31.6 Å². The van der Waals surface area contributed by atoms with Crippen LogP contribution in [0.1, 0.15) is 29.0 Å². The lowest BCUT2D eigenvalue weighted by molar-refractivity contribution is 0.303. The second kappa shape index (κ2) is 7.85. The van der Waals surface area contributed by atoms with Gasteiger partial charge in [0.1, 0.15) is 10.4 Å². The maximum Gasteiger partial charge on any atom is 0.328 e. The van der Waals surface area contributed by atoms with Gasteiger partial charge in [0.25, 0.3) is 5.56 Å². The fourth-order valence-corrected chi connectivity index (χ4v) is 7.12. The number of fused-ring (bicyclic) bond motifs is 6. The van der Waals surface area contributed by atoms with Gasteiger partial charge in [-0.05, 0) is 54.5 Å². The van der Waals surface area contributed by atoms with Crippen LogP contribution in [0.2, 0.25) is 0 Å². The molecule has 0 radical (unpaired) electrons. The van der Waals surface area contributed by atoms with Crippen LogP contribution in [0.25, 0.3) is 20.3 Å². The number of rotatable bonds is 4. The Kier molecular flexibility index (Phi) is 4.92. The smallest absolute Gasteiger partial charge is 0.328 e. The van der Waals surface area contributed by atoms with Gasteiger partial charge in [-0.25, -0.2) is 4.79 Å². The highest BCUT2D eigenvalue weighted by Crippen LogP contribution is 2.44. The van der Waals surface area contributed by atoms with Crippen molar-refractivity contribution in [2.45, 2.75) is 32.2 Å². The predicted octanol–water partition coefficient (Wildman–Crippen LogP) is 3.88. The van der Waals surface area contributed by atoms with Gasteiger partial charge in [0.15, 0.2) is 0 Å². The fourth-order valence-electron chi connectivity index (χ4n) is 5.93. The quantitative estimate of drug-likeness (QED) is 0.501. The number of H-pyrrole nitrogens is 1. The van der Waals surface area contributed by atoms with Crippen LogP contribution >= 0.6 is 11.3 Å². The largest absolute Gasteiger partial charge is 0.496 e. The molecule has 6 nitrogen and oxygen atoms in total. The number of thiophene rings is 1. The number of aromatic amines is 1. The van der Waals surface area contributed by atoms with E-state index in [0.29, 0.717) is 35.1 Å². The monoisotopic (exact) mass is 461 g/mol. The van der Waals surface area contributed by atoms with Gasteiger partial charge < -0.3 is 14.6 Å². The van der Waals surface area contributed by atoms with Crippen molar-refractivity contribution < 1.29 is 4.74 Å². The van der Waals surface area contributed by atoms with E-state index in [1.165, 1.54) is 27.0 Å². The van der Waals surface area contributed by atoms with Crippen LogP contribution in [-0.4, -0.2) is 41.2 Å². The van der Waals surface area contributed by atoms with Crippen molar-refractivity contribution in [2.75, 3.05) is 26.7 Å². The average molecular weight is 462 g/mol. The van der Waals surface area contributed by atoms with Gasteiger partial charge in [-0.15, -0.1) is 11.3 Å². The Morgan fingerprint density at radius 3 is 2.82 bits per heavy atom. The summed E-state index contributed by atoms with van der Waals surface area (Å²) in [4.78, 5) is 31.5. The highest BCUT2D eigenvalue weighted by atomic mass is 32.1. The lowest BCUT2D eigenvalue weighted by Crippen LogP contribution is -2.38. The maximum absolute atomic E-state index is 13.2. The van der Waals surface area contributed by atoms with Crippen molar-refractivity contribution in [2.24, 2.45) is 5.92 Å². The number of methoxy groups -OCH3 is 1. The van der Waals surface area contributed by atoms with Crippen molar-refractivity contribution in [3.63, 3.8) is 0 Å². The molecule has 0 saturated carbocycles. The van der Waals surface area contributed by atoms with Gasteiger partial charge in [-0.2, -0.15) is 0 Å². The Balaban J connectivity index is 1.27. The Hall–Kier alpha value is -2.90. The normalized spacial score (nSPS) is 20.3. The van der Waals surface area contributed by atoms with E-state index in [1.807, 2.05) is 25.1 Å². The summed E-state index contributed by atoms with van der Waals surface area (Å²) in [6, 6.07) is 12.4. The first-order valence-corrected chi connectivity index (χ1v) is 12.4. The van der Waals surface area contributed by atoms with Crippen LogP contribution < -0.4 is 16.0 Å². The molecule has 2 aromatic carbocycles. The Labute approximate surface area is 195 Å². The van der Waals surface area contributed by atoms with E-state index in [1.54, 1.807) is 7.11 Å². The van der Waals surface area contributed by atoms with Gasteiger partial charge >= 0.3 is 5.69 Å². The van der Waals surface area contributed by atoms with Gasteiger partial charge in [0.2, 0.25) is 0 Å². The Morgan fingerprint density at radius 1 is 1.12 bits per heavy atom. The molecule has 2 atom stereocenters. The van der Waals surface area contributed by atoms with Gasteiger partial charge in [-0.3, -0.25) is 9.36 Å². The molecular formula is C26H27N3O3S. The molecule has 1 aliphatic carbocycles. The number of hydrogen-bond donors (Lipinski definition) is 1. The molecule has 0 amide bonds. The molecule has 4 aromatic rings. The molecule has 170 valence electrons. The third kappa shape index (κ3) is 3.25. The maximum atomic E-state index is 13.2. The number of nitrogens with zero attached hydrogens (tertiary/aromatic N) is 2. The predicted molar refractivity (Wildman–Crippen MR) is 133 cm³/mol. The van der Waals surface area contributed by atoms with E-state index < -0.39 is 0 Å². The molecule has 0 spiro atoms. The molecule has 1 saturated heterocycles. The molecule has 3 heterocycles. The summed E-state index contributed by atoms with van der Waals surface area (Å²) in [5, 5.41) is 0.983. The van der Waals surface area contributed by atoms with Crippen molar-refractivity contribution in [1.82, 2.24) is 14.5 Å². The fraction of sp³-hybridized carbons (Fsp3) is 0.385. The summed E-state index contributed by atoms with van der Waals surface area (Å²) >= 11 is 1.47. The summed E-state index contributed by atoms with van der Waals surface area (Å²) in [5.41, 5.74) is 4.01. The molecule has 1 aliphatic heterocycles. The first-order valence-electron chi connectivity index (χ1n) is 11.6. The molecule has 0 unspecified atom stereocenters. The summed E-state index contributed by atoms with van der Waals surface area (Å²) in [6.07, 6.45) is 2.21. The zero-order chi connectivity index (χ0) is 22.7. The highest BCUT2D eigenvalue weighted by molar-refractivity contribution is 7.25. The van der Waals surface area contributed by atoms with E-state index in [0.717, 1.165) is 47.3 Å². The number of ether oxygens (including phenoxy) is 1. The number of likely N-dealkylation sites (tertiary alicyclic amines) is 1. The first-order chi connectivity index (χ1) is 16.0. The van der Waals surface area contributed by atoms with E-state index >= 15 is 0 Å². The third-order valence-corrected chi connectivity index (χ3v) is 8.69. The van der Waals surface area contributed by atoms with Crippen molar-refractivity contribution in [3.8, 4) is 5.75 Å². The number of aryl methyl sites for hydroxylation is 1. The van der Waals surface area contributed by atoms with Crippen molar-refractivity contribution in [3.05, 3.63) is 73.9 Å². The number of benzene rings is 2. The second-order valence-corrected chi connectivity index (χ2v) is 10.4. The lowest BCUT2D eigenvalue weighted by atomic mass is 9.77. The van der Waals surface area contributed by atoms with E-state index in [2.05, 4.69) is 28.1 Å². The van der Waals surface area contributed by atoms with Crippen LogP contribution in [0.5, 0.6) is 5.75 Å². The minimum Gasteiger partial charge on any atom is -0.496 e. The summed E-state index contributed by atoms with van der Waals surface area (Å²) in [6.45, 7) is 5.09. The van der Waals surface area contributed by atoms with Crippen molar-refractivity contribution in [1.29, 1.82) is 0 Å². The average Bonchev–Trinajstić information content (AvgIpc) is 3.40. The topological polar surface area (TPSA) is 67.3 Å². The number of nitrogens with one attached hydrogen (secondary N) is 1. The minimum absolute atomic E-state index is 0.180. The minimum atomic E-state index is -0.317. The first kappa shape index (κ1) is 20.7. The SMILES string of the molecule is COc1cccc2c1CC[C@H]1CN(CCn3c(=O)[nH]c4c(sc5cccc(C)c54)c3=O)C[C@@H]21. The standard InChI is InChI=1S/C26H27N3O3S/c1-15-5-3-8-21-22(15)23-24(33-21)25(30)29(26(31)27-23)12-11-28-13-16-9-10-18-17(19(16)14-28)6-4-7-20(18)32-2/h3-8,16,19H,9-14H2,1-2H3,(H,27,31)/t16-,19+/m0/s1. The van der Waals surface area contributed by atoms with E-state index in [-0.39, 0.29) is 11.2 Å². The zero-order valence-corrected chi connectivity index (χ0v) is 19.7. The molecule has 2 aliphatic rings. The zero-order valence-electron chi connectivity index (χ0n) is 18.9. The van der Waals surface area contributed by atoms with Crippen LogP contribution in [0, 0.1) is 12.8 Å². The second-order valence-electron chi connectivity index (χ2n) is 9.33. The molecule has 6 rings (SSSR count). The van der Waals surface area contributed by atoms with Crippen LogP contribution in [0.3, 0.4) is 0 Å². The van der Waals surface area contributed by atoms with E-state index in [9.17, 15) is 9.59 Å². The van der Waals surface area contributed by atoms with Gasteiger partial charge in [0.05, 0.1) is 12.6 Å². The van der Waals surface area contributed by atoms with Crippen LogP contribution in [0.4, 0.5) is 0 Å². The summed E-state index contributed by atoms with van der Waals surface area (Å²) < 4.78 is 8.65. The van der Waals surface area contributed by atoms with Gasteiger partial charge in [-0.1, -0.05) is 24.3 Å². The molecule has 0 bridgehead atoms. The molecule has 1 N–H and O–H groups in total. The lowest BCUT2D eigenvalue weighted by Gasteiger charge is -2.28. The number of hydrogen-bond acceptors (Lipinski definition) is 5. The molecule has 2 aromatic heterocycles. The Bertz CT molecular complexity index is 1500. The summed E-state index contributed by atoms with van der Waals surface area (Å²) in [7, 11) is 1.74. The molecule has 7 heteroatoms. The molecule has 33 heavy (non-hydrogen) atoms. The molecule has 1 fully saturated rings.